The van der Waals surface area contributed by atoms with Gasteiger partial charge in [-0.2, -0.15) is 13.2 Å². The molecule has 1 rings (SSSR count). The standard InChI is InChI=1S/C7H6BrF3O2/c8-6-2-4(3-13-6)1-5(12)7(9,10)11/h2-3,5,12H,1H2. The number of halogens is 4. The first-order valence-electron chi connectivity index (χ1n) is 3.37. The molecule has 6 heteroatoms. The van der Waals surface area contributed by atoms with Gasteiger partial charge in [-0.3, -0.25) is 0 Å². The molecule has 0 aliphatic heterocycles. The van der Waals surface area contributed by atoms with Crippen LogP contribution < -0.4 is 0 Å². The number of aliphatic hydroxyl groups excluding tert-OH is 1. The molecule has 0 saturated heterocycles. The molecule has 0 saturated carbocycles. The molecule has 0 aliphatic carbocycles. The first-order chi connectivity index (χ1) is 5.89. The van der Waals surface area contributed by atoms with E-state index in [4.69, 9.17) is 9.52 Å². The van der Waals surface area contributed by atoms with Gasteiger partial charge in [0.2, 0.25) is 0 Å². The van der Waals surface area contributed by atoms with E-state index in [1.165, 1.54) is 12.3 Å². The largest absolute Gasteiger partial charge is 0.457 e. The van der Waals surface area contributed by atoms with E-state index >= 15 is 0 Å². The average Bonchev–Trinajstić information content (AvgIpc) is 2.33. The van der Waals surface area contributed by atoms with Crippen molar-refractivity contribution in [2.24, 2.45) is 0 Å². The van der Waals surface area contributed by atoms with Gasteiger partial charge in [0, 0.05) is 6.42 Å². The third-order valence-electron chi connectivity index (χ3n) is 1.43. The quantitative estimate of drug-likeness (QED) is 0.885. The minimum atomic E-state index is -4.58. The highest BCUT2D eigenvalue weighted by atomic mass is 79.9. The van der Waals surface area contributed by atoms with Crippen LogP contribution >= 0.6 is 15.9 Å². The monoisotopic (exact) mass is 258 g/mol. The Morgan fingerprint density at radius 2 is 2.15 bits per heavy atom. The van der Waals surface area contributed by atoms with Crippen LogP contribution in [0, 0.1) is 0 Å². The van der Waals surface area contributed by atoms with Gasteiger partial charge in [0.1, 0.15) is 0 Å². The third kappa shape index (κ3) is 3.04. The first-order valence-corrected chi connectivity index (χ1v) is 4.16. The lowest BCUT2D eigenvalue weighted by atomic mass is 10.1. The summed E-state index contributed by atoms with van der Waals surface area (Å²) in [6.07, 6.45) is -6.24. The van der Waals surface area contributed by atoms with Crippen molar-refractivity contribution in [3.63, 3.8) is 0 Å². The van der Waals surface area contributed by atoms with Crippen molar-refractivity contribution in [3.8, 4) is 0 Å². The molecule has 1 aromatic heterocycles. The number of hydrogen-bond acceptors (Lipinski definition) is 2. The Morgan fingerprint density at radius 3 is 2.54 bits per heavy atom. The molecular weight excluding hydrogens is 253 g/mol. The van der Waals surface area contributed by atoms with Crippen LogP contribution in [0.15, 0.2) is 21.4 Å². The maximum atomic E-state index is 11.8. The predicted molar refractivity (Wildman–Crippen MR) is 42.2 cm³/mol. The zero-order valence-corrected chi connectivity index (χ0v) is 7.89. The van der Waals surface area contributed by atoms with Gasteiger partial charge in [0.05, 0.1) is 6.26 Å². The number of hydrogen-bond donors (Lipinski definition) is 1. The topological polar surface area (TPSA) is 33.4 Å². The molecule has 1 N–H and O–H groups in total. The van der Waals surface area contributed by atoms with Gasteiger partial charge in [-0.1, -0.05) is 0 Å². The minimum absolute atomic E-state index is 0.302. The average molecular weight is 259 g/mol. The van der Waals surface area contributed by atoms with E-state index in [1.54, 1.807) is 0 Å². The lowest BCUT2D eigenvalue weighted by Crippen LogP contribution is -2.30. The summed E-state index contributed by atoms with van der Waals surface area (Å²) in [5.74, 6) is 0. The molecule has 1 atom stereocenters. The zero-order valence-electron chi connectivity index (χ0n) is 6.31. The van der Waals surface area contributed by atoms with E-state index in [0.29, 0.717) is 10.2 Å². The van der Waals surface area contributed by atoms with Crippen LogP contribution in [0.2, 0.25) is 0 Å². The van der Waals surface area contributed by atoms with Crippen molar-refractivity contribution >= 4 is 15.9 Å². The van der Waals surface area contributed by atoms with Gasteiger partial charge >= 0.3 is 6.18 Å². The molecule has 0 aliphatic rings. The third-order valence-corrected chi connectivity index (χ3v) is 1.84. The van der Waals surface area contributed by atoms with Crippen LogP contribution in [-0.2, 0) is 6.42 Å². The van der Waals surface area contributed by atoms with Crippen LogP contribution in [0.1, 0.15) is 5.56 Å². The number of aliphatic hydroxyl groups is 1. The highest BCUT2D eigenvalue weighted by Crippen LogP contribution is 2.24. The zero-order chi connectivity index (χ0) is 10.1. The fourth-order valence-corrected chi connectivity index (χ4v) is 1.18. The normalized spacial score (nSPS) is 14.5. The van der Waals surface area contributed by atoms with Crippen LogP contribution in [0.25, 0.3) is 0 Å². The molecule has 1 aromatic rings. The summed E-state index contributed by atoms with van der Waals surface area (Å²) in [6, 6.07) is 1.38. The summed E-state index contributed by atoms with van der Waals surface area (Å²) in [5.41, 5.74) is 0.302. The van der Waals surface area contributed by atoms with Crippen molar-refractivity contribution in [1.82, 2.24) is 0 Å². The fraction of sp³-hybridized carbons (Fsp3) is 0.429. The minimum Gasteiger partial charge on any atom is -0.457 e. The van der Waals surface area contributed by atoms with Crippen LogP contribution in [0.4, 0.5) is 13.2 Å². The molecule has 0 amide bonds. The van der Waals surface area contributed by atoms with Crippen molar-refractivity contribution in [2.45, 2.75) is 18.7 Å². The molecule has 74 valence electrons. The number of furan rings is 1. The van der Waals surface area contributed by atoms with E-state index in [0.717, 1.165) is 0 Å². The molecule has 0 bridgehead atoms. The SMILES string of the molecule is OC(Cc1coc(Br)c1)C(F)(F)F. The Labute approximate surface area is 80.5 Å². The van der Waals surface area contributed by atoms with Gasteiger partial charge in [0.25, 0.3) is 0 Å². The van der Waals surface area contributed by atoms with Gasteiger partial charge in [0.15, 0.2) is 10.8 Å². The van der Waals surface area contributed by atoms with Crippen LogP contribution in [0.3, 0.4) is 0 Å². The van der Waals surface area contributed by atoms with Gasteiger partial charge < -0.3 is 9.52 Å². The highest BCUT2D eigenvalue weighted by Gasteiger charge is 2.38. The Morgan fingerprint density at radius 1 is 1.54 bits per heavy atom. The van der Waals surface area contributed by atoms with Crippen LogP contribution in [-0.4, -0.2) is 17.4 Å². The second kappa shape index (κ2) is 3.71. The van der Waals surface area contributed by atoms with E-state index in [9.17, 15) is 13.2 Å². The Balaban J connectivity index is 2.60. The summed E-state index contributed by atoms with van der Waals surface area (Å²) in [6.45, 7) is 0. The molecule has 0 spiro atoms. The molecule has 2 nitrogen and oxygen atoms in total. The van der Waals surface area contributed by atoms with Crippen LogP contribution in [0.5, 0.6) is 0 Å². The van der Waals surface area contributed by atoms with Gasteiger partial charge in [-0.15, -0.1) is 0 Å². The Kier molecular flexibility index (Phi) is 3.02. The van der Waals surface area contributed by atoms with Gasteiger partial charge in [-0.05, 0) is 27.6 Å². The first kappa shape index (κ1) is 10.6. The van der Waals surface area contributed by atoms with Crippen molar-refractivity contribution < 1.29 is 22.7 Å². The lowest BCUT2D eigenvalue weighted by molar-refractivity contribution is -0.203. The molecule has 1 unspecified atom stereocenters. The molecule has 0 aromatic carbocycles. The Hall–Kier alpha value is -0.490. The van der Waals surface area contributed by atoms with E-state index in [1.807, 2.05) is 0 Å². The molecule has 0 radical (unpaired) electrons. The summed E-state index contributed by atoms with van der Waals surface area (Å²) in [4.78, 5) is 0. The van der Waals surface area contributed by atoms with E-state index < -0.39 is 18.7 Å². The smallest absolute Gasteiger partial charge is 0.414 e. The summed E-state index contributed by atoms with van der Waals surface area (Å²) in [5, 5.41) is 8.67. The second-order valence-corrected chi connectivity index (χ2v) is 3.30. The predicted octanol–water partition coefficient (Wildman–Crippen LogP) is 2.51. The Bertz CT molecular complexity index is 282. The van der Waals surface area contributed by atoms with E-state index in [-0.39, 0.29) is 0 Å². The summed E-state index contributed by atoms with van der Waals surface area (Å²) < 4.78 is 40.6. The summed E-state index contributed by atoms with van der Waals surface area (Å²) in [7, 11) is 0. The van der Waals surface area contributed by atoms with Crippen molar-refractivity contribution in [3.05, 3.63) is 22.6 Å². The van der Waals surface area contributed by atoms with Gasteiger partial charge in [-0.25, -0.2) is 0 Å². The molecule has 1 heterocycles. The molecular formula is C7H6BrF3O2. The number of rotatable bonds is 2. The second-order valence-electron chi connectivity index (χ2n) is 2.52. The molecule has 0 fully saturated rings. The fourth-order valence-electron chi connectivity index (χ4n) is 0.792. The summed E-state index contributed by atoms with van der Waals surface area (Å²) >= 11 is 2.94. The van der Waals surface area contributed by atoms with Crippen molar-refractivity contribution in [1.29, 1.82) is 0 Å². The number of alkyl halides is 3. The van der Waals surface area contributed by atoms with E-state index in [2.05, 4.69) is 15.9 Å². The van der Waals surface area contributed by atoms with Crippen molar-refractivity contribution in [2.75, 3.05) is 0 Å². The maximum Gasteiger partial charge on any atom is 0.414 e. The molecule has 13 heavy (non-hydrogen) atoms. The lowest BCUT2D eigenvalue weighted by Gasteiger charge is -2.12. The highest BCUT2D eigenvalue weighted by molar-refractivity contribution is 9.10. The maximum absolute atomic E-state index is 11.8.